The summed E-state index contributed by atoms with van der Waals surface area (Å²) in [7, 11) is 1.89. The van der Waals surface area contributed by atoms with Crippen molar-refractivity contribution < 1.29 is 4.42 Å². The first-order valence-electron chi connectivity index (χ1n) is 4.97. The third-order valence-electron chi connectivity index (χ3n) is 2.17. The van der Waals surface area contributed by atoms with Crippen molar-refractivity contribution in [2.45, 2.75) is 23.4 Å². The molecule has 0 spiro atoms. The molecule has 0 saturated carbocycles. The Morgan fingerprint density at radius 3 is 2.88 bits per heavy atom. The van der Waals surface area contributed by atoms with E-state index in [9.17, 15) is 0 Å². The summed E-state index contributed by atoms with van der Waals surface area (Å²) in [5.74, 6) is 0. The van der Waals surface area contributed by atoms with Gasteiger partial charge >= 0.3 is 0 Å². The van der Waals surface area contributed by atoms with Crippen molar-refractivity contribution >= 4 is 11.8 Å². The lowest BCUT2D eigenvalue weighted by molar-refractivity contribution is 0.452. The van der Waals surface area contributed by atoms with Crippen LogP contribution in [-0.2, 0) is 7.05 Å². The molecule has 0 amide bonds. The fourth-order valence-electron chi connectivity index (χ4n) is 1.44. The fourth-order valence-corrected chi connectivity index (χ4v) is 2.37. The predicted octanol–water partition coefficient (Wildman–Crippen LogP) is 1.59. The molecule has 86 valence electrons. The van der Waals surface area contributed by atoms with Gasteiger partial charge < -0.3 is 10.2 Å². The third kappa shape index (κ3) is 2.45. The summed E-state index contributed by atoms with van der Waals surface area (Å²) in [6.45, 7) is 1.97. The molecule has 2 N–H and O–H groups in total. The Hall–Kier alpha value is -1.27. The molecule has 2 aromatic rings. The van der Waals surface area contributed by atoms with Crippen molar-refractivity contribution in [1.29, 1.82) is 0 Å². The van der Waals surface area contributed by atoms with Gasteiger partial charge in [0, 0.05) is 24.8 Å². The highest BCUT2D eigenvalue weighted by atomic mass is 32.2. The molecule has 16 heavy (non-hydrogen) atoms. The standard InChI is InChI=1S/C10H14N4OS/c1-7(11)9(8-5-13-14(2)6-8)16-10-12-3-4-15-10/h3-7,9H,11H2,1-2H3. The Labute approximate surface area is 98.0 Å². The van der Waals surface area contributed by atoms with Crippen LogP contribution in [0.3, 0.4) is 0 Å². The van der Waals surface area contributed by atoms with E-state index >= 15 is 0 Å². The van der Waals surface area contributed by atoms with Gasteiger partial charge in [-0.05, 0) is 6.92 Å². The van der Waals surface area contributed by atoms with Gasteiger partial charge in [0.05, 0.1) is 17.6 Å². The summed E-state index contributed by atoms with van der Waals surface area (Å²) >= 11 is 1.51. The summed E-state index contributed by atoms with van der Waals surface area (Å²) in [5, 5.41) is 4.88. The summed E-state index contributed by atoms with van der Waals surface area (Å²) in [6, 6.07) is 0.00102. The maximum absolute atomic E-state index is 5.97. The number of aromatic nitrogens is 3. The molecule has 2 heterocycles. The van der Waals surface area contributed by atoms with Gasteiger partial charge in [0.1, 0.15) is 6.26 Å². The molecule has 2 unspecified atom stereocenters. The first-order chi connectivity index (χ1) is 7.66. The first kappa shape index (κ1) is 11.2. The number of thioether (sulfide) groups is 1. The zero-order valence-electron chi connectivity index (χ0n) is 9.20. The van der Waals surface area contributed by atoms with Crippen molar-refractivity contribution in [3.8, 4) is 0 Å². The molecule has 0 saturated heterocycles. The van der Waals surface area contributed by atoms with Gasteiger partial charge in [-0.15, -0.1) is 0 Å². The third-order valence-corrected chi connectivity index (χ3v) is 3.53. The molecule has 0 bridgehead atoms. The van der Waals surface area contributed by atoms with E-state index in [4.69, 9.17) is 10.2 Å². The van der Waals surface area contributed by atoms with E-state index in [0.717, 1.165) is 5.56 Å². The Morgan fingerprint density at radius 1 is 1.56 bits per heavy atom. The zero-order valence-corrected chi connectivity index (χ0v) is 10.0. The van der Waals surface area contributed by atoms with E-state index in [1.807, 2.05) is 26.4 Å². The van der Waals surface area contributed by atoms with E-state index in [1.54, 1.807) is 17.1 Å². The van der Waals surface area contributed by atoms with E-state index < -0.39 is 0 Å². The van der Waals surface area contributed by atoms with Crippen molar-refractivity contribution in [3.63, 3.8) is 0 Å². The fraction of sp³-hybridized carbons (Fsp3) is 0.400. The largest absolute Gasteiger partial charge is 0.440 e. The normalized spacial score (nSPS) is 14.9. The number of rotatable bonds is 4. The number of aryl methyl sites for hydroxylation is 1. The Bertz CT molecular complexity index is 437. The highest BCUT2D eigenvalue weighted by Gasteiger charge is 2.21. The van der Waals surface area contributed by atoms with Crippen molar-refractivity contribution in [2.24, 2.45) is 12.8 Å². The minimum Gasteiger partial charge on any atom is -0.440 e. The highest BCUT2D eigenvalue weighted by Crippen LogP contribution is 2.35. The van der Waals surface area contributed by atoms with Crippen LogP contribution >= 0.6 is 11.8 Å². The molecule has 0 aromatic carbocycles. The van der Waals surface area contributed by atoms with E-state index in [2.05, 4.69) is 10.1 Å². The monoisotopic (exact) mass is 238 g/mol. The topological polar surface area (TPSA) is 69.9 Å². The van der Waals surface area contributed by atoms with Crippen LogP contribution in [0.15, 0.2) is 34.5 Å². The first-order valence-corrected chi connectivity index (χ1v) is 5.85. The van der Waals surface area contributed by atoms with Gasteiger partial charge in [-0.3, -0.25) is 4.68 Å². The second-order valence-corrected chi connectivity index (χ2v) is 4.74. The average Bonchev–Trinajstić information content (AvgIpc) is 2.84. The van der Waals surface area contributed by atoms with Crippen molar-refractivity contribution in [2.75, 3.05) is 0 Å². The summed E-state index contributed by atoms with van der Waals surface area (Å²) in [6.07, 6.45) is 6.97. The van der Waals surface area contributed by atoms with Crippen LogP contribution in [-0.4, -0.2) is 20.8 Å². The lowest BCUT2D eigenvalue weighted by atomic mass is 10.1. The smallest absolute Gasteiger partial charge is 0.256 e. The van der Waals surface area contributed by atoms with Crippen LogP contribution in [0.1, 0.15) is 17.7 Å². The predicted molar refractivity (Wildman–Crippen MR) is 62.0 cm³/mol. The summed E-state index contributed by atoms with van der Waals surface area (Å²) in [4.78, 5) is 4.08. The number of hydrogen-bond acceptors (Lipinski definition) is 5. The average molecular weight is 238 g/mol. The maximum atomic E-state index is 5.97. The second kappa shape index (κ2) is 4.71. The van der Waals surface area contributed by atoms with E-state index in [1.165, 1.54) is 11.8 Å². The molecule has 2 atom stereocenters. The molecular weight excluding hydrogens is 224 g/mol. The molecular formula is C10H14N4OS. The molecule has 6 heteroatoms. The number of nitrogens with two attached hydrogens (primary N) is 1. The van der Waals surface area contributed by atoms with Gasteiger partial charge in [0.15, 0.2) is 0 Å². The number of oxazole rings is 1. The number of hydrogen-bond donors (Lipinski definition) is 1. The van der Waals surface area contributed by atoms with Gasteiger partial charge in [0.25, 0.3) is 5.22 Å². The molecule has 0 aliphatic rings. The Morgan fingerprint density at radius 2 is 2.38 bits per heavy atom. The molecule has 0 fully saturated rings. The quantitative estimate of drug-likeness (QED) is 0.819. The number of nitrogens with zero attached hydrogens (tertiary/aromatic N) is 3. The lowest BCUT2D eigenvalue weighted by Crippen LogP contribution is -2.22. The Kier molecular flexibility index (Phi) is 3.31. The SMILES string of the molecule is CC(N)C(Sc1ncco1)c1cnn(C)c1. The minimum absolute atomic E-state index is 0.00102. The van der Waals surface area contributed by atoms with Gasteiger partial charge in [-0.2, -0.15) is 5.10 Å². The molecule has 0 radical (unpaired) electrons. The van der Waals surface area contributed by atoms with Crippen molar-refractivity contribution in [3.05, 3.63) is 30.4 Å². The second-order valence-electron chi connectivity index (χ2n) is 3.64. The molecule has 2 aromatic heterocycles. The van der Waals surface area contributed by atoms with Gasteiger partial charge in [0.2, 0.25) is 0 Å². The molecule has 0 aliphatic carbocycles. The van der Waals surface area contributed by atoms with Gasteiger partial charge in [-0.25, -0.2) is 4.98 Å². The van der Waals surface area contributed by atoms with Gasteiger partial charge in [-0.1, -0.05) is 11.8 Å². The Balaban J connectivity index is 2.18. The zero-order chi connectivity index (χ0) is 11.5. The molecule has 2 rings (SSSR count). The van der Waals surface area contributed by atoms with Crippen LogP contribution in [0.4, 0.5) is 0 Å². The minimum atomic E-state index is 0.00102. The molecule has 5 nitrogen and oxygen atoms in total. The van der Waals surface area contributed by atoms with Crippen LogP contribution in [0.2, 0.25) is 0 Å². The van der Waals surface area contributed by atoms with Crippen LogP contribution in [0.5, 0.6) is 0 Å². The summed E-state index contributed by atoms with van der Waals surface area (Å²) < 4.78 is 6.98. The van der Waals surface area contributed by atoms with E-state index in [-0.39, 0.29) is 11.3 Å². The summed E-state index contributed by atoms with van der Waals surface area (Å²) in [5.41, 5.74) is 7.05. The maximum Gasteiger partial charge on any atom is 0.256 e. The lowest BCUT2D eigenvalue weighted by Gasteiger charge is -2.16. The van der Waals surface area contributed by atoms with Crippen LogP contribution in [0, 0.1) is 0 Å². The van der Waals surface area contributed by atoms with E-state index in [0.29, 0.717) is 5.22 Å². The van der Waals surface area contributed by atoms with Crippen LogP contribution in [0.25, 0.3) is 0 Å². The highest BCUT2D eigenvalue weighted by molar-refractivity contribution is 7.99. The van der Waals surface area contributed by atoms with Crippen LogP contribution < -0.4 is 5.73 Å². The molecule has 0 aliphatic heterocycles. The van der Waals surface area contributed by atoms with Crippen molar-refractivity contribution in [1.82, 2.24) is 14.8 Å².